The summed E-state index contributed by atoms with van der Waals surface area (Å²) < 4.78 is 34.0. The Morgan fingerprint density at radius 1 is 0.714 bits per heavy atom. The lowest BCUT2D eigenvalue weighted by molar-refractivity contribution is -0.149. The molecule has 1 aliphatic heterocycles. The molecule has 0 spiro atoms. The first kappa shape index (κ1) is 39.2. The van der Waals surface area contributed by atoms with Crippen molar-refractivity contribution in [2.75, 3.05) is 66.1 Å². The highest BCUT2D eigenvalue weighted by Crippen LogP contribution is 2.25. The van der Waals surface area contributed by atoms with Crippen LogP contribution in [0.1, 0.15) is 110 Å². The molecule has 1 heterocycles. The maximum absolute atomic E-state index is 12.1. The molecule has 0 aromatic rings. The number of unbranched alkanes of at least 4 members (excludes halogenated alkanes) is 14. The molecule has 10 nitrogen and oxygen atoms in total. The number of carbonyl (C=O) groups is 1. The largest absolute Gasteiger partial charge is 0.463 e. The number of hydrogen-bond donors (Lipinski definition) is 3. The zero-order valence-corrected chi connectivity index (χ0v) is 26.4. The maximum Gasteiger partial charge on any atom is 0.305 e. The Bertz CT molecular complexity index is 594. The van der Waals surface area contributed by atoms with Crippen molar-refractivity contribution < 1.29 is 48.5 Å². The Labute approximate surface area is 254 Å². The van der Waals surface area contributed by atoms with Crippen molar-refractivity contribution in [1.29, 1.82) is 0 Å². The van der Waals surface area contributed by atoms with Gasteiger partial charge in [0.2, 0.25) is 0 Å². The predicted molar refractivity (Wildman–Crippen MR) is 162 cm³/mol. The third-order valence-corrected chi connectivity index (χ3v) is 7.51. The third-order valence-electron chi connectivity index (χ3n) is 7.51. The molecule has 250 valence electrons. The Morgan fingerprint density at radius 3 is 1.83 bits per heavy atom. The van der Waals surface area contributed by atoms with Crippen LogP contribution in [0.3, 0.4) is 0 Å². The van der Waals surface area contributed by atoms with E-state index in [2.05, 4.69) is 6.92 Å². The zero-order valence-electron chi connectivity index (χ0n) is 26.4. The smallest absolute Gasteiger partial charge is 0.305 e. The molecule has 10 heteroatoms. The summed E-state index contributed by atoms with van der Waals surface area (Å²) in [5, 5.41) is 27.5. The van der Waals surface area contributed by atoms with Gasteiger partial charge in [0.25, 0.3) is 0 Å². The van der Waals surface area contributed by atoms with Crippen LogP contribution in [0.4, 0.5) is 0 Å². The Balaban J connectivity index is 2.10. The van der Waals surface area contributed by atoms with Crippen LogP contribution in [-0.4, -0.2) is 112 Å². The summed E-state index contributed by atoms with van der Waals surface area (Å²) >= 11 is 0. The molecule has 1 saturated heterocycles. The third kappa shape index (κ3) is 20.2. The Morgan fingerprint density at radius 2 is 1.26 bits per heavy atom. The van der Waals surface area contributed by atoms with Crippen molar-refractivity contribution >= 4 is 5.97 Å². The van der Waals surface area contributed by atoms with Gasteiger partial charge in [0.1, 0.15) is 31.0 Å². The fourth-order valence-electron chi connectivity index (χ4n) is 5.23. The lowest BCUT2D eigenvalue weighted by atomic mass is 10.0. The average Bonchev–Trinajstić information content (AvgIpc) is 3.40. The molecule has 42 heavy (non-hydrogen) atoms. The van der Waals surface area contributed by atoms with E-state index < -0.39 is 24.4 Å². The van der Waals surface area contributed by atoms with Gasteiger partial charge >= 0.3 is 5.97 Å². The Hall–Kier alpha value is -0.850. The predicted octanol–water partition coefficient (Wildman–Crippen LogP) is 4.34. The quantitative estimate of drug-likeness (QED) is 0.0773. The highest BCUT2D eigenvalue weighted by atomic mass is 16.6. The van der Waals surface area contributed by atoms with E-state index in [9.17, 15) is 15.0 Å². The van der Waals surface area contributed by atoms with E-state index in [1.165, 1.54) is 83.5 Å². The second-order valence-electron chi connectivity index (χ2n) is 11.1. The van der Waals surface area contributed by atoms with Gasteiger partial charge < -0.3 is 43.7 Å². The van der Waals surface area contributed by atoms with Crippen LogP contribution in [-0.2, 0) is 33.2 Å². The summed E-state index contributed by atoms with van der Waals surface area (Å²) in [6.45, 7) is 2.92. The zero-order chi connectivity index (χ0) is 30.5. The molecule has 1 fully saturated rings. The normalized spacial score (nSPS) is 19.4. The van der Waals surface area contributed by atoms with Gasteiger partial charge in [0, 0.05) is 6.42 Å². The van der Waals surface area contributed by atoms with E-state index in [1.807, 2.05) is 0 Å². The minimum Gasteiger partial charge on any atom is -0.463 e. The van der Waals surface area contributed by atoms with Crippen molar-refractivity contribution in [3.8, 4) is 0 Å². The second kappa shape index (κ2) is 28.9. The Kier molecular flexibility index (Phi) is 26.9. The molecular formula is C32H62O10. The van der Waals surface area contributed by atoms with Gasteiger partial charge in [0.15, 0.2) is 0 Å². The molecule has 0 amide bonds. The van der Waals surface area contributed by atoms with Crippen molar-refractivity contribution in [1.82, 2.24) is 0 Å². The molecule has 4 atom stereocenters. The van der Waals surface area contributed by atoms with E-state index in [0.29, 0.717) is 6.42 Å². The van der Waals surface area contributed by atoms with Gasteiger partial charge in [-0.2, -0.15) is 0 Å². The van der Waals surface area contributed by atoms with Gasteiger partial charge in [-0.15, -0.1) is 0 Å². The maximum atomic E-state index is 12.1. The minimum absolute atomic E-state index is 0.0943. The van der Waals surface area contributed by atoms with Crippen LogP contribution in [0, 0.1) is 0 Å². The van der Waals surface area contributed by atoms with Gasteiger partial charge in [-0.3, -0.25) is 4.79 Å². The molecular weight excluding hydrogens is 544 g/mol. The van der Waals surface area contributed by atoms with Crippen LogP contribution in [0.5, 0.6) is 0 Å². The first-order valence-electron chi connectivity index (χ1n) is 16.7. The molecule has 0 aromatic carbocycles. The first-order valence-corrected chi connectivity index (χ1v) is 16.7. The fraction of sp³-hybridized carbons (Fsp3) is 0.969. The molecule has 3 N–H and O–H groups in total. The van der Waals surface area contributed by atoms with E-state index in [4.69, 9.17) is 33.5 Å². The minimum atomic E-state index is -0.556. The van der Waals surface area contributed by atoms with Crippen LogP contribution < -0.4 is 0 Å². The van der Waals surface area contributed by atoms with Crippen LogP contribution in [0.2, 0.25) is 0 Å². The van der Waals surface area contributed by atoms with Crippen molar-refractivity contribution in [3.63, 3.8) is 0 Å². The number of aliphatic hydroxyl groups is 3. The van der Waals surface area contributed by atoms with Crippen LogP contribution in [0.25, 0.3) is 0 Å². The van der Waals surface area contributed by atoms with Crippen molar-refractivity contribution in [2.45, 2.75) is 134 Å². The summed E-state index contributed by atoms with van der Waals surface area (Å²) in [5.41, 5.74) is 0. The number of hydrogen-bond acceptors (Lipinski definition) is 10. The van der Waals surface area contributed by atoms with E-state index >= 15 is 0 Å². The second-order valence-corrected chi connectivity index (χ2v) is 11.1. The molecule has 1 aliphatic rings. The highest BCUT2D eigenvalue weighted by molar-refractivity contribution is 5.69. The van der Waals surface area contributed by atoms with Gasteiger partial charge in [-0.05, 0) is 6.42 Å². The monoisotopic (exact) mass is 606 g/mol. The summed E-state index contributed by atoms with van der Waals surface area (Å²) in [4.78, 5) is 12.1. The van der Waals surface area contributed by atoms with E-state index in [0.717, 1.165) is 12.8 Å². The van der Waals surface area contributed by atoms with Crippen LogP contribution in [0.15, 0.2) is 0 Å². The molecule has 1 unspecified atom stereocenters. The number of aliphatic hydroxyl groups excluding tert-OH is 3. The lowest BCUT2D eigenvalue weighted by Gasteiger charge is -2.29. The first-order chi connectivity index (χ1) is 20.7. The van der Waals surface area contributed by atoms with Crippen LogP contribution >= 0.6 is 0 Å². The molecule has 0 bridgehead atoms. The summed E-state index contributed by atoms with van der Waals surface area (Å²) in [6.07, 6.45) is 17.7. The topological polar surface area (TPSA) is 133 Å². The lowest BCUT2D eigenvalue weighted by Crippen LogP contribution is -2.45. The molecule has 1 rings (SSSR count). The molecule has 0 saturated carbocycles. The summed E-state index contributed by atoms with van der Waals surface area (Å²) in [5.74, 6) is -0.207. The van der Waals surface area contributed by atoms with Gasteiger partial charge in [0.05, 0.1) is 59.5 Å². The summed E-state index contributed by atoms with van der Waals surface area (Å²) in [6, 6.07) is 0. The average molecular weight is 607 g/mol. The molecule has 0 aromatic heterocycles. The summed E-state index contributed by atoms with van der Waals surface area (Å²) in [7, 11) is 0. The van der Waals surface area contributed by atoms with E-state index in [-0.39, 0.29) is 72.0 Å². The molecule has 0 radical (unpaired) electrons. The van der Waals surface area contributed by atoms with Gasteiger partial charge in [-0.25, -0.2) is 0 Å². The highest BCUT2D eigenvalue weighted by Gasteiger charge is 2.44. The fourth-order valence-corrected chi connectivity index (χ4v) is 5.23. The number of rotatable bonds is 31. The molecule has 0 aliphatic carbocycles. The van der Waals surface area contributed by atoms with E-state index in [1.54, 1.807) is 0 Å². The standard InChI is InChI=1S/C32H62O10/c1-2-3-4-5-6-7-8-9-10-11-12-13-14-15-16-17-30(36)40-25-24-37-26-28(38-21-18-33)32-31(41-23-20-35)29(27-42-32)39-22-19-34/h28-29,31-35H,2-27H2,1H3/t28?,29-,31+,32-/m1/s1. The number of ether oxygens (including phenoxy) is 6. The number of carbonyl (C=O) groups excluding carboxylic acids is 1. The van der Waals surface area contributed by atoms with Crippen molar-refractivity contribution in [3.05, 3.63) is 0 Å². The SMILES string of the molecule is CCCCCCCCCCCCCCCCCC(=O)OCCOCC(OCCO)[C@H]1OC[C@@H](OCCO)[C@@H]1OCCO. The van der Waals surface area contributed by atoms with Gasteiger partial charge in [-0.1, -0.05) is 96.8 Å². The number of esters is 1. The van der Waals surface area contributed by atoms with Crippen molar-refractivity contribution in [2.24, 2.45) is 0 Å².